The van der Waals surface area contributed by atoms with E-state index in [0.717, 1.165) is 10.4 Å². The lowest BCUT2D eigenvalue weighted by Gasteiger charge is -2.25. The second-order valence-electron chi connectivity index (χ2n) is 7.23. The first kappa shape index (κ1) is 24.1. The average molecular weight is 473 g/mol. The lowest BCUT2D eigenvalue weighted by molar-refractivity contribution is -0.120. The minimum Gasteiger partial charge on any atom is -0.497 e. The number of para-hydroxylation sites is 1. The zero-order chi connectivity index (χ0) is 23.8. The molecule has 1 N–H and O–H groups in total. The van der Waals surface area contributed by atoms with Crippen LogP contribution in [-0.4, -0.2) is 40.6 Å². The van der Waals surface area contributed by atoms with E-state index in [1.807, 2.05) is 0 Å². The number of rotatable bonds is 10. The lowest BCUT2D eigenvalue weighted by Crippen LogP contribution is -2.45. The van der Waals surface area contributed by atoms with Crippen LogP contribution >= 0.6 is 0 Å². The topological polar surface area (TPSA) is 84.9 Å². The van der Waals surface area contributed by atoms with E-state index in [0.29, 0.717) is 11.5 Å². The molecule has 7 nitrogen and oxygen atoms in total. The molecule has 0 fully saturated rings. The highest BCUT2D eigenvalue weighted by Gasteiger charge is 2.29. The molecule has 1 unspecified atom stereocenters. The van der Waals surface area contributed by atoms with Crippen LogP contribution in [0.15, 0.2) is 83.8 Å². The van der Waals surface area contributed by atoms with Gasteiger partial charge in [-0.05, 0) is 55.5 Å². The van der Waals surface area contributed by atoms with E-state index in [-0.39, 0.29) is 17.2 Å². The third kappa shape index (κ3) is 6.23. The number of nitrogens with one attached hydrogen (secondary N) is 1. The third-order valence-corrected chi connectivity index (χ3v) is 6.48. The number of carbonyl (C=O) groups excluding carboxylic acids is 1. The number of benzene rings is 3. The van der Waals surface area contributed by atoms with Gasteiger partial charge in [-0.1, -0.05) is 30.3 Å². The normalized spacial score (nSPS) is 12.0. The Bertz CT molecular complexity index is 1170. The third-order valence-electron chi connectivity index (χ3n) is 4.71. The molecule has 0 heterocycles. The van der Waals surface area contributed by atoms with Crippen LogP contribution in [0.2, 0.25) is 0 Å². The highest BCUT2D eigenvalue weighted by atomic mass is 32.2. The van der Waals surface area contributed by atoms with Crippen molar-refractivity contribution in [2.75, 3.05) is 24.6 Å². The number of sulfonamides is 1. The van der Waals surface area contributed by atoms with Crippen LogP contribution < -0.4 is 19.1 Å². The van der Waals surface area contributed by atoms with Crippen LogP contribution in [0.4, 0.5) is 10.1 Å². The number of amides is 1. The smallest absolute Gasteiger partial charge is 0.264 e. The van der Waals surface area contributed by atoms with Crippen LogP contribution in [0, 0.1) is 5.82 Å². The van der Waals surface area contributed by atoms with Gasteiger partial charge in [0.1, 0.15) is 30.5 Å². The number of ether oxygens (including phenoxy) is 2. The molecule has 0 aliphatic heterocycles. The zero-order valence-corrected chi connectivity index (χ0v) is 19.1. The quantitative estimate of drug-likeness (QED) is 0.487. The van der Waals surface area contributed by atoms with Gasteiger partial charge >= 0.3 is 0 Å². The molecule has 33 heavy (non-hydrogen) atoms. The van der Waals surface area contributed by atoms with Crippen LogP contribution in [0.5, 0.6) is 11.5 Å². The molecule has 3 rings (SSSR count). The number of carbonyl (C=O) groups is 1. The second-order valence-corrected chi connectivity index (χ2v) is 9.09. The van der Waals surface area contributed by atoms with Crippen LogP contribution in [-0.2, 0) is 14.8 Å². The SMILES string of the molecule is COc1ccc(OCC(C)NC(=O)CN(c2ccccc2F)S(=O)(=O)c2ccccc2)cc1. The van der Waals surface area contributed by atoms with E-state index in [1.165, 1.54) is 30.3 Å². The molecule has 3 aromatic rings. The Morgan fingerprint density at radius 2 is 1.58 bits per heavy atom. The predicted molar refractivity (Wildman–Crippen MR) is 123 cm³/mol. The summed E-state index contributed by atoms with van der Waals surface area (Å²) in [6, 6.07) is 19.5. The highest BCUT2D eigenvalue weighted by Crippen LogP contribution is 2.26. The molecule has 0 radical (unpaired) electrons. The van der Waals surface area contributed by atoms with Gasteiger partial charge in [0.05, 0.1) is 23.7 Å². The highest BCUT2D eigenvalue weighted by molar-refractivity contribution is 7.92. The number of hydrogen-bond donors (Lipinski definition) is 1. The molecule has 174 valence electrons. The van der Waals surface area contributed by atoms with Gasteiger partial charge in [0.15, 0.2) is 0 Å². The van der Waals surface area contributed by atoms with Crippen molar-refractivity contribution in [1.29, 1.82) is 0 Å². The van der Waals surface area contributed by atoms with Crippen molar-refractivity contribution in [3.05, 3.63) is 84.7 Å². The summed E-state index contributed by atoms with van der Waals surface area (Å²) in [6.45, 7) is 1.29. The molecule has 0 saturated carbocycles. The van der Waals surface area contributed by atoms with Gasteiger partial charge < -0.3 is 14.8 Å². The Balaban J connectivity index is 1.71. The van der Waals surface area contributed by atoms with Gasteiger partial charge in [0, 0.05) is 0 Å². The van der Waals surface area contributed by atoms with E-state index in [4.69, 9.17) is 9.47 Å². The van der Waals surface area contributed by atoms with E-state index < -0.39 is 34.3 Å². The summed E-state index contributed by atoms with van der Waals surface area (Å²) in [4.78, 5) is 12.7. The molecule has 0 aliphatic rings. The Morgan fingerprint density at radius 3 is 2.21 bits per heavy atom. The van der Waals surface area contributed by atoms with Gasteiger partial charge in [-0.15, -0.1) is 0 Å². The average Bonchev–Trinajstić information content (AvgIpc) is 2.82. The van der Waals surface area contributed by atoms with Gasteiger partial charge in [0.2, 0.25) is 5.91 Å². The summed E-state index contributed by atoms with van der Waals surface area (Å²) in [5.74, 6) is -0.0580. The van der Waals surface area contributed by atoms with E-state index in [2.05, 4.69) is 5.32 Å². The summed E-state index contributed by atoms with van der Waals surface area (Å²) < 4.78 is 52.4. The van der Waals surface area contributed by atoms with Crippen molar-refractivity contribution >= 4 is 21.6 Å². The molecule has 1 amide bonds. The first-order valence-electron chi connectivity index (χ1n) is 10.2. The zero-order valence-electron chi connectivity index (χ0n) is 18.3. The second kappa shape index (κ2) is 10.8. The van der Waals surface area contributed by atoms with Crippen LogP contribution in [0.25, 0.3) is 0 Å². The fraction of sp³-hybridized carbons (Fsp3) is 0.208. The Morgan fingerprint density at radius 1 is 0.970 bits per heavy atom. The molecular formula is C24H25FN2O5S. The standard InChI is InChI=1S/C24H25FN2O5S/c1-18(17-32-20-14-12-19(31-2)13-15-20)26-24(28)16-27(23-11-7-6-10-22(23)25)33(29,30)21-8-4-3-5-9-21/h3-15,18H,16-17H2,1-2H3,(H,26,28). The van der Waals surface area contributed by atoms with Crippen molar-refractivity contribution in [1.82, 2.24) is 5.32 Å². The summed E-state index contributed by atoms with van der Waals surface area (Å²) in [5.41, 5.74) is -0.210. The molecule has 9 heteroatoms. The molecule has 1 atom stereocenters. The van der Waals surface area contributed by atoms with Crippen molar-refractivity contribution < 1.29 is 27.1 Å². The summed E-state index contributed by atoms with van der Waals surface area (Å²) in [6.07, 6.45) is 0. The van der Waals surface area contributed by atoms with Gasteiger partial charge in [-0.3, -0.25) is 9.10 Å². The molecule has 3 aromatic carbocycles. The van der Waals surface area contributed by atoms with Gasteiger partial charge in [-0.2, -0.15) is 0 Å². The summed E-state index contributed by atoms with van der Waals surface area (Å²) in [5, 5.41) is 2.70. The number of nitrogens with zero attached hydrogens (tertiary/aromatic N) is 1. The molecular weight excluding hydrogens is 447 g/mol. The minimum absolute atomic E-state index is 0.0445. The fourth-order valence-corrected chi connectivity index (χ4v) is 4.51. The van der Waals surface area contributed by atoms with E-state index >= 15 is 0 Å². The maximum atomic E-state index is 14.5. The summed E-state index contributed by atoms with van der Waals surface area (Å²) in [7, 11) is -2.61. The first-order valence-corrected chi connectivity index (χ1v) is 11.6. The van der Waals surface area contributed by atoms with E-state index in [1.54, 1.807) is 56.5 Å². The number of hydrogen-bond acceptors (Lipinski definition) is 5. The molecule has 0 saturated heterocycles. The van der Waals surface area contributed by atoms with Crippen LogP contribution in [0.1, 0.15) is 6.92 Å². The van der Waals surface area contributed by atoms with Crippen LogP contribution in [0.3, 0.4) is 0 Å². The largest absolute Gasteiger partial charge is 0.497 e. The maximum Gasteiger partial charge on any atom is 0.264 e. The number of methoxy groups -OCH3 is 1. The van der Waals surface area contributed by atoms with Crippen molar-refractivity contribution in [3.63, 3.8) is 0 Å². The maximum absolute atomic E-state index is 14.5. The number of halogens is 1. The van der Waals surface area contributed by atoms with Gasteiger partial charge in [0.25, 0.3) is 10.0 Å². The molecule has 0 aliphatic carbocycles. The fourth-order valence-electron chi connectivity index (χ4n) is 3.06. The molecule has 0 spiro atoms. The van der Waals surface area contributed by atoms with Crippen molar-refractivity contribution in [2.45, 2.75) is 17.9 Å². The number of anilines is 1. The Kier molecular flexibility index (Phi) is 7.89. The Labute approximate surface area is 192 Å². The lowest BCUT2D eigenvalue weighted by atomic mass is 10.3. The van der Waals surface area contributed by atoms with Gasteiger partial charge in [-0.25, -0.2) is 12.8 Å². The van der Waals surface area contributed by atoms with Crippen molar-refractivity contribution in [2.24, 2.45) is 0 Å². The molecule has 0 aromatic heterocycles. The monoisotopic (exact) mass is 472 g/mol. The summed E-state index contributed by atoms with van der Waals surface area (Å²) >= 11 is 0. The molecule has 0 bridgehead atoms. The van der Waals surface area contributed by atoms with E-state index in [9.17, 15) is 17.6 Å². The first-order chi connectivity index (χ1) is 15.8. The minimum atomic E-state index is -4.18. The van der Waals surface area contributed by atoms with Crippen molar-refractivity contribution in [3.8, 4) is 11.5 Å². The Hall–Kier alpha value is -3.59. The predicted octanol–water partition coefficient (Wildman–Crippen LogP) is 3.61.